The number of phenolic OH excluding ortho intramolecular Hbond substituents is 1. The second kappa shape index (κ2) is 9.76. The van der Waals surface area contributed by atoms with E-state index in [0.717, 1.165) is 0 Å². The number of rotatable bonds is 7. The first-order valence-electron chi connectivity index (χ1n) is 12.3. The number of Topliss-reactive ketones (excluding diaryl/α,β-unsaturated/α-hetero) is 2. The van der Waals surface area contributed by atoms with Crippen LogP contribution in [0.4, 0.5) is 5.69 Å². The largest absolute Gasteiger partial charge is 0.508 e. The number of carbonyl (C=O) groups is 4. The number of primary amides is 1. The van der Waals surface area contributed by atoms with E-state index in [1.807, 2.05) is 6.92 Å². The van der Waals surface area contributed by atoms with Crippen LogP contribution in [0.2, 0.25) is 0 Å². The molecular weight excluding hydrogens is 496 g/mol. The molecule has 1 fully saturated rings. The number of fused-ring (bicyclic) bond motifs is 3. The number of anilines is 1. The normalized spacial score (nSPS) is 24.5. The number of nitrogens with one attached hydrogen (secondary N) is 2. The van der Waals surface area contributed by atoms with Crippen LogP contribution in [0, 0.1) is 11.8 Å². The Morgan fingerprint density at radius 2 is 1.87 bits per heavy atom. The van der Waals surface area contributed by atoms with E-state index in [4.69, 9.17) is 5.73 Å². The van der Waals surface area contributed by atoms with Crippen LogP contribution in [0.15, 0.2) is 23.0 Å². The first-order chi connectivity index (χ1) is 17.8. The van der Waals surface area contributed by atoms with Gasteiger partial charge in [-0.25, -0.2) is 0 Å². The fourth-order valence-corrected chi connectivity index (χ4v) is 5.75. The highest BCUT2D eigenvalue weighted by molar-refractivity contribution is 6.22. The van der Waals surface area contributed by atoms with Crippen LogP contribution in [-0.2, 0) is 32.1 Å². The number of nitrogens with zero attached hydrogens (tertiary/aromatic N) is 1. The summed E-state index contributed by atoms with van der Waals surface area (Å²) >= 11 is 0. The predicted molar refractivity (Wildman–Crippen MR) is 136 cm³/mol. The van der Waals surface area contributed by atoms with Gasteiger partial charge in [0, 0.05) is 49.8 Å². The Morgan fingerprint density at radius 1 is 1.18 bits per heavy atom. The highest BCUT2D eigenvalue weighted by Gasteiger charge is 2.60. The third-order valence-corrected chi connectivity index (χ3v) is 7.61. The van der Waals surface area contributed by atoms with Crippen LogP contribution in [0.3, 0.4) is 0 Å². The van der Waals surface area contributed by atoms with Crippen molar-refractivity contribution in [1.82, 2.24) is 10.6 Å². The molecule has 3 aliphatic carbocycles. The molecular formula is C26H32N4O8. The Kier molecular flexibility index (Phi) is 6.97. The van der Waals surface area contributed by atoms with Crippen molar-refractivity contribution in [2.24, 2.45) is 17.6 Å². The summed E-state index contributed by atoms with van der Waals surface area (Å²) in [4.78, 5) is 51.8. The van der Waals surface area contributed by atoms with Crippen molar-refractivity contribution in [2.45, 2.75) is 38.3 Å². The average Bonchev–Trinajstić information content (AvgIpc) is 2.83. The Bertz CT molecular complexity index is 1310. The van der Waals surface area contributed by atoms with E-state index in [0.29, 0.717) is 23.4 Å². The second-order valence-electron chi connectivity index (χ2n) is 10.1. The summed E-state index contributed by atoms with van der Waals surface area (Å²) in [6.45, 7) is 2.49. The van der Waals surface area contributed by atoms with Crippen molar-refractivity contribution >= 4 is 34.8 Å². The predicted octanol–water partition coefficient (Wildman–Crippen LogP) is -0.284. The van der Waals surface area contributed by atoms with E-state index in [-0.39, 0.29) is 55.1 Å². The molecule has 2 amide bonds. The maximum Gasteiger partial charge on any atom is 0.255 e. The number of ketones is 2. The average molecular weight is 529 g/mol. The molecule has 0 unspecified atom stereocenters. The minimum absolute atomic E-state index is 0.0146. The zero-order valence-corrected chi connectivity index (χ0v) is 21.4. The van der Waals surface area contributed by atoms with Gasteiger partial charge in [-0.15, -0.1) is 0 Å². The van der Waals surface area contributed by atoms with E-state index in [1.54, 1.807) is 25.1 Å². The van der Waals surface area contributed by atoms with Gasteiger partial charge < -0.3 is 41.7 Å². The SMILES string of the molecule is CCNCC(=O)NCc1cc(N(C)C)c2c(c1O)C(O)=C1C(=O)[C@]3(O)C(O)=C(C(N)=O)C(=O)C[C@@H]3C[C@@H]1C2. The quantitative estimate of drug-likeness (QED) is 0.231. The molecule has 0 heterocycles. The van der Waals surface area contributed by atoms with Crippen LogP contribution in [0.5, 0.6) is 5.75 Å². The second-order valence-corrected chi connectivity index (χ2v) is 10.1. The molecule has 204 valence electrons. The monoisotopic (exact) mass is 528 g/mol. The van der Waals surface area contributed by atoms with Crippen LogP contribution in [0.25, 0.3) is 5.76 Å². The molecule has 1 saturated carbocycles. The summed E-state index contributed by atoms with van der Waals surface area (Å²) < 4.78 is 0. The van der Waals surface area contributed by atoms with Crippen LogP contribution in [0.1, 0.15) is 36.5 Å². The number of aliphatic hydroxyl groups is 3. The zero-order valence-electron chi connectivity index (χ0n) is 21.4. The Hall–Kier alpha value is -3.90. The van der Waals surface area contributed by atoms with Gasteiger partial charge in [0.1, 0.15) is 22.8 Å². The molecule has 1 aromatic rings. The molecule has 4 rings (SSSR count). The van der Waals surface area contributed by atoms with Crippen molar-refractivity contribution < 1.29 is 39.6 Å². The lowest BCUT2D eigenvalue weighted by Crippen LogP contribution is -2.58. The van der Waals surface area contributed by atoms with Crippen LogP contribution < -0.4 is 21.3 Å². The maximum atomic E-state index is 13.7. The molecule has 3 atom stereocenters. The fourth-order valence-electron chi connectivity index (χ4n) is 5.75. The number of nitrogens with two attached hydrogens (primary N) is 1. The first-order valence-corrected chi connectivity index (χ1v) is 12.3. The number of aliphatic hydroxyl groups excluding tert-OH is 2. The van der Waals surface area contributed by atoms with Crippen molar-refractivity contribution in [2.75, 3.05) is 32.1 Å². The Balaban J connectivity index is 1.84. The van der Waals surface area contributed by atoms with E-state index in [9.17, 15) is 39.6 Å². The molecule has 38 heavy (non-hydrogen) atoms. The number of amides is 2. The standard InChI is InChI=1S/C26H32N4O8/c1-4-28-10-17(32)29-9-12-7-15(30(2)3)14-6-11-5-13-8-16(31)20(25(27)37)24(36)26(13,38)23(35)18(11)22(34)19(14)21(12)33/h7,11,13,28,33-34,36,38H,4-6,8-10H2,1-3H3,(H2,27,37)(H,29,32)/t11-,13+,26+/m1/s1. The molecule has 0 saturated heterocycles. The third-order valence-electron chi connectivity index (χ3n) is 7.61. The number of likely N-dealkylation sites (N-methyl/N-ethyl adjacent to an activating group) is 1. The van der Waals surface area contributed by atoms with Crippen molar-refractivity contribution in [3.8, 4) is 5.75 Å². The number of hydrogen-bond acceptors (Lipinski definition) is 10. The minimum Gasteiger partial charge on any atom is -0.508 e. The topological polar surface area (TPSA) is 203 Å². The summed E-state index contributed by atoms with van der Waals surface area (Å²) in [5.41, 5.74) is 3.04. The molecule has 1 aromatic carbocycles. The maximum absolute atomic E-state index is 13.7. The molecule has 8 N–H and O–H groups in total. The zero-order chi connectivity index (χ0) is 28.1. The van der Waals surface area contributed by atoms with Crippen molar-refractivity contribution in [3.63, 3.8) is 0 Å². The van der Waals surface area contributed by atoms with Gasteiger partial charge in [0.15, 0.2) is 11.4 Å². The Morgan fingerprint density at radius 3 is 2.47 bits per heavy atom. The number of aromatic hydroxyl groups is 1. The first kappa shape index (κ1) is 27.1. The van der Waals surface area contributed by atoms with Gasteiger partial charge in [0.2, 0.25) is 11.7 Å². The lowest BCUT2D eigenvalue weighted by Gasteiger charge is -2.46. The summed E-state index contributed by atoms with van der Waals surface area (Å²) in [5, 5.41) is 50.2. The molecule has 0 radical (unpaired) electrons. The third kappa shape index (κ3) is 4.09. The Labute approximate surface area is 218 Å². The molecule has 0 aromatic heterocycles. The van der Waals surface area contributed by atoms with Gasteiger partial charge in [0.25, 0.3) is 5.91 Å². The number of benzene rings is 1. The molecule has 0 aliphatic heterocycles. The number of phenols is 1. The van der Waals surface area contributed by atoms with Gasteiger partial charge in [0.05, 0.1) is 12.1 Å². The molecule has 3 aliphatic rings. The summed E-state index contributed by atoms with van der Waals surface area (Å²) in [6, 6.07) is 1.69. The molecule has 0 spiro atoms. The highest BCUT2D eigenvalue weighted by atomic mass is 16.3. The number of hydrogen-bond donors (Lipinski definition) is 7. The summed E-state index contributed by atoms with van der Waals surface area (Å²) in [6.07, 6.45) is -0.124. The van der Waals surface area contributed by atoms with Crippen molar-refractivity contribution in [3.05, 3.63) is 39.7 Å². The van der Waals surface area contributed by atoms with E-state index in [2.05, 4.69) is 10.6 Å². The lowest BCUT2D eigenvalue weighted by molar-refractivity contribution is -0.147. The molecule has 0 bridgehead atoms. The van der Waals surface area contributed by atoms with Gasteiger partial charge in [-0.05, 0) is 36.9 Å². The fraction of sp³-hybridized carbons (Fsp3) is 0.462. The summed E-state index contributed by atoms with van der Waals surface area (Å²) in [7, 11) is 3.55. The van der Waals surface area contributed by atoms with Gasteiger partial charge in [-0.2, -0.15) is 0 Å². The molecule has 12 nitrogen and oxygen atoms in total. The highest BCUT2D eigenvalue weighted by Crippen LogP contribution is 2.53. The van der Waals surface area contributed by atoms with Gasteiger partial charge in [-0.1, -0.05) is 6.92 Å². The molecule has 12 heteroatoms. The summed E-state index contributed by atoms with van der Waals surface area (Å²) in [5.74, 6) is -7.06. The van der Waals surface area contributed by atoms with Crippen LogP contribution in [-0.4, -0.2) is 76.6 Å². The van der Waals surface area contributed by atoms with E-state index in [1.165, 1.54) is 0 Å². The number of carbonyl (C=O) groups excluding carboxylic acids is 4. The minimum atomic E-state index is -2.62. The van der Waals surface area contributed by atoms with Gasteiger partial charge in [-0.3, -0.25) is 19.2 Å². The van der Waals surface area contributed by atoms with E-state index < -0.39 is 52.0 Å². The van der Waals surface area contributed by atoms with Crippen molar-refractivity contribution in [1.29, 1.82) is 0 Å². The van der Waals surface area contributed by atoms with Crippen LogP contribution >= 0.6 is 0 Å². The van der Waals surface area contributed by atoms with E-state index >= 15 is 0 Å². The smallest absolute Gasteiger partial charge is 0.255 e. The van der Waals surface area contributed by atoms with Gasteiger partial charge >= 0.3 is 0 Å². The lowest BCUT2D eigenvalue weighted by atomic mass is 9.59.